The number of carboxylic acids is 1. The van der Waals surface area contributed by atoms with E-state index in [9.17, 15) is 9.59 Å². The summed E-state index contributed by atoms with van der Waals surface area (Å²) in [6.45, 7) is 0.701. The van der Waals surface area contributed by atoms with Gasteiger partial charge in [0.05, 0.1) is 23.1 Å². The molecule has 7 nitrogen and oxygen atoms in total. The van der Waals surface area contributed by atoms with E-state index in [0.717, 1.165) is 16.9 Å². The molecule has 0 fully saturated rings. The van der Waals surface area contributed by atoms with Crippen LogP contribution in [0.25, 0.3) is 11.0 Å². The summed E-state index contributed by atoms with van der Waals surface area (Å²) >= 11 is 0. The van der Waals surface area contributed by atoms with Gasteiger partial charge >= 0.3 is 5.97 Å². The van der Waals surface area contributed by atoms with Gasteiger partial charge in [-0.2, -0.15) is 0 Å². The van der Waals surface area contributed by atoms with Crippen molar-refractivity contribution >= 4 is 28.6 Å². The Morgan fingerprint density at radius 2 is 1.80 bits per heavy atom. The number of benzene rings is 2. The summed E-state index contributed by atoms with van der Waals surface area (Å²) in [7, 11) is 3.93. The third kappa shape index (κ3) is 3.84. The van der Waals surface area contributed by atoms with Crippen LogP contribution < -0.4 is 5.32 Å². The summed E-state index contributed by atoms with van der Waals surface area (Å²) < 4.78 is 0. The number of carbonyl (C=O) groups excluding carboxylic acids is 1. The molecular weight excluding hydrogens is 320 g/mol. The molecule has 0 bridgehead atoms. The van der Waals surface area contributed by atoms with E-state index in [2.05, 4.69) is 15.3 Å². The Hall–Kier alpha value is -3.19. The van der Waals surface area contributed by atoms with Crippen LogP contribution in [0.4, 0.5) is 5.69 Å². The summed E-state index contributed by atoms with van der Waals surface area (Å²) in [5, 5.41) is 11.7. The van der Waals surface area contributed by atoms with Crippen molar-refractivity contribution in [1.82, 2.24) is 14.9 Å². The Kier molecular flexibility index (Phi) is 4.49. The first-order valence-corrected chi connectivity index (χ1v) is 7.70. The number of hydrogen-bond acceptors (Lipinski definition) is 4. The molecule has 0 radical (unpaired) electrons. The first-order valence-electron chi connectivity index (χ1n) is 7.70. The monoisotopic (exact) mass is 338 g/mol. The molecule has 0 saturated carbocycles. The van der Waals surface area contributed by atoms with Crippen LogP contribution in [0, 0.1) is 0 Å². The summed E-state index contributed by atoms with van der Waals surface area (Å²) in [6.07, 6.45) is 0. The molecule has 0 aliphatic heterocycles. The Labute approximate surface area is 144 Å². The highest BCUT2D eigenvalue weighted by atomic mass is 16.4. The highest BCUT2D eigenvalue weighted by Gasteiger charge is 2.10. The van der Waals surface area contributed by atoms with Gasteiger partial charge in [0.1, 0.15) is 5.82 Å². The summed E-state index contributed by atoms with van der Waals surface area (Å²) in [5.74, 6) is -0.470. The van der Waals surface area contributed by atoms with Gasteiger partial charge in [-0.3, -0.25) is 4.79 Å². The largest absolute Gasteiger partial charge is 0.478 e. The van der Waals surface area contributed by atoms with E-state index >= 15 is 0 Å². The lowest BCUT2D eigenvalue weighted by Crippen LogP contribution is -2.12. The van der Waals surface area contributed by atoms with Crippen LogP contribution in [0.15, 0.2) is 42.5 Å². The number of H-pyrrole nitrogens is 1. The van der Waals surface area contributed by atoms with Gasteiger partial charge in [-0.1, -0.05) is 0 Å². The van der Waals surface area contributed by atoms with Crippen molar-refractivity contribution in [3.8, 4) is 0 Å². The first kappa shape index (κ1) is 16.7. The van der Waals surface area contributed by atoms with Crippen LogP contribution in [0.3, 0.4) is 0 Å². The second kappa shape index (κ2) is 6.74. The minimum Gasteiger partial charge on any atom is -0.478 e. The maximum absolute atomic E-state index is 12.3. The minimum atomic E-state index is -1.02. The zero-order valence-corrected chi connectivity index (χ0v) is 13.9. The Balaban J connectivity index is 1.77. The lowest BCUT2D eigenvalue weighted by Gasteiger charge is -2.05. The zero-order chi connectivity index (χ0) is 18.0. The van der Waals surface area contributed by atoms with Gasteiger partial charge in [-0.15, -0.1) is 0 Å². The molecule has 3 aromatic rings. The number of anilines is 1. The van der Waals surface area contributed by atoms with Gasteiger partial charge < -0.3 is 20.3 Å². The Bertz CT molecular complexity index is 929. The SMILES string of the molecule is CN(C)Cc1nc2ccc(NC(=O)c3ccc(C(=O)O)cc3)cc2[nH]1. The normalized spacial score (nSPS) is 11.0. The molecule has 0 atom stereocenters. The van der Waals surface area contributed by atoms with Crippen LogP contribution in [-0.4, -0.2) is 45.9 Å². The van der Waals surface area contributed by atoms with Gasteiger partial charge in [0, 0.05) is 11.3 Å². The van der Waals surface area contributed by atoms with Crippen molar-refractivity contribution in [3.63, 3.8) is 0 Å². The van der Waals surface area contributed by atoms with Crippen molar-refractivity contribution in [2.75, 3.05) is 19.4 Å². The molecule has 7 heteroatoms. The molecule has 0 aliphatic rings. The maximum atomic E-state index is 12.3. The fourth-order valence-electron chi connectivity index (χ4n) is 2.48. The Morgan fingerprint density at radius 1 is 1.12 bits per heavy atom. The number of amides is 1. The van der Waals surface area contributed by atoms with Crippen molar-refractivity contribution < 1.29 is 14.7 Å². The number of rotatable bonds is 5. The number of nitrogens with one attached hydrogen (secondary N) is 2. The second-order valence-corrected chi connectivity index (χ2v) is 5.99. The molecule has 0 unspecified atom stereocenters. The summed E-state index contributed by atoms with van der Waals surface area (Å²) in [6, 6.07) is 11.2. The number of aromatic amines is 1. The molecule has 0 aliphatic carbocycles. The molecule has 0 saturated heterocycles. The van der Waals surface area contributed by atoms with Crippen LogP contribution in [0.1, 0.15) is 26.5 Å². The smallest absolute Gasteiger partial charge is 0.335 e. The van der Waals surface area contributed by atoms with E-state index < -0.39 is 5.97 Å². The topological polar surface area (TPSA) is 98.3 Å². The number of fused-ring (bicyclic) bond motifs is 1. The molecule has 1 aromatic heterocycles. The standard InChI is InChI=1S/C18H18N4O3/c1-22(2)10-16-20-14-8-7-13(9-15(14)21-16)19-17(23)11-3-5-12(6-4-11)18(24)25/h3-9H,10H2,1-2H3,(H,19,23)(H,20,21)(H,24,25). The number of imidazole rings is 1. The average Bonchev–Trinajstić information content (AvgIpc) is 2.95. The summed E-state index contributed by atoms with van der Waals surface area (Å²) in [5.41, 5.74) is 2.85. The highest BCUT2D eigenvalue weighted by molar-refractivity contribution is 6.05. The van der Waals surface area contributed by atoms with Gasteiger partial charge in [-0.25, -0.2) is 9.78 Å². The average molecular weight is 338 g/mol. The number of aromatic nitrogens is 2. The van der Waals surface area contributed by atoms with E-state index in [1.54, 1.807) is 6.07 Å². The highest BCUT2D eigenvalue weighted by Crippen LogP contribution is 2.18. The predicted molar refractivity (Wildman–Crippen MR) is 94.8 cm³/mol. The third-order valence-electron chi connectivity index (χ3n) is 3.65. The van der Waals surface area contributed by atoms with Gasteiger partial charge in [0.2, 0.25) is 0 Å². The minimum absolute atomic E-state index is 0.142. The maximum Gasteiger partial charge on any atom is 0.335 e. The molecule has 2 aromatic carbocycles. The van der Waals surface area contributed by atoms with E-state index in [0.29, 0.717) is 17.8 Å². The van der Waals surface area contributed by atoms with E-state index in [1.807, 2.05) is 31.1 Å². The quantitative estimate of drug-likeness (QED) is 0.664. The van der Waals surface area contributed by atoms with Crippen LogP contribution in [-0.2, 0) is 6.54 Å². The van der Waals surface area contributed by atoms with Crippen molar-refractivity contribution in [3.05, 3.63) is 59.4 Å². The molecule has 1 amide bonds. The van der Waals surface area contributed by atoms with E-state index in [-0.39, 0.29) is 11.5 Å². The van der Waals surface area contributed by atoms with Crippen molar-refractivity contribution in [2.45, 2.75) is 6.54 Å². The number of carboxylic acid groups (broad SMARTS) is 1. The summed E-state index contributed by atoms with van der Waals surface area (Å²) in [4.78, 5) is 32.9. The van der Waals surface area contributed by atoms with Gasteiger partial charge in [0.15, 0.2) is 0 Å². The molecule has 3 rings (SSSR count). The lowest BCUT2D eigenvalue weighted by atomic mass is 10.1. The van der Waals surface area contributed by atoms with Gasteiger partial charge in [-0.05, 0) is 56.6 Å². The van der Waals surface area contributed by atoms with Gasteiger partial charge in [0.25, 0.3) is 5.91 Å². The fourth-order valence-corrected chi connectivity index (χ4v) is 2.48. The van der Waals surface area contributed by atoms with Crippen molar-refractivity contribution in [2.24, 2.45) is 0 Å². The Morgan fingerprint density at radius 3 is 2.44 bits per heavy atom. The first-order chi connectivity index (χ1) is 11.9. The molecule has 128 valence electrons. The predicted octanol–water partition coefficient (Wildman–Crippen LogP) is 2.58. The third-order valence-corrected chi connectivity index (χ3v) is 3.65. The number of aromatic carboxylic acids is 1. The fraction of sp³-hybridized carbons (Fsp3) is 0.167. The van der Waals surface area contributed by atoms with E-state index in [1.165, 1.54) is 24.3 Å². The van der Waals surface area contributed by atoms with Crippen molar-refractivity contribution in [1.29, 1.82) is 0 Å². The molecule has 1 heterocycles. The second-order valence-electron chi connectivity index (χ2n) is 5.99. The zero-order valence-electron chi connectivity index (χ0n) is 13.9. The van der Waals surface area contributed by atoms with Crippen LogP contribution in [0.5, 0.6) is 0 Å². The molecule has 25 heavy (non-hydrogen) atoms. The number of hydrogen-bond donors (Lipinski definition) is 3. The molecule has 3 N–H and O–H groups in total. The van der Waals surface area contributed by atoms with E-state index in [4.69, 9.17) is 5.11 Å². The number of carbonyl (C=O) groups is 2. The lowest BCUT2D eigenvalue weighted by molar-refractivity contribution is 0.0696. The van der Waals surface area contributed by atoms with Crippen LogP contribution >= 0.6 is 0 Å². The molecule has 0 spiro atoms. The van der Waals surface area contributed by atoms with Crippen LogP contribution in [0.2, 0.25) is 0 Å². The number of nitrogens with zero attached hydrogens (tertiary/aromatic N) is 2. The molecular formula is C18H18N4O3.